The second-order valence-corrected chi connectivity index (χ2v) is 8.30. The van der Waals surface area contributed by atoms with Crippen LogP contribution < -0.4 is 10.9 Å². The topological polar surface area (TPSA) is 64.0 Å². The first kappa shape index (κ1) is 22.1. The van der Waals surface area contributed by atoms with Crippen LogP contribution in [0.15, 0.2) is 71.5 Å². The number of fused-ring (bicyclic) bond motifs is 1. The zero-order chi connectivity index (χ0) is 22.7. The Labute approximate surface area is 195 Å². The summed E-state index contributed by atoms with van der Waals surface area (Å²) in [4.78, 5) is 30.7. The van der Waals surface area contributed by atoms with Crippen molar-refractivity contribution < 1.29 is 4.79 Å². The molecule has 7 heteroatoms. The molecule has 32 heavy (non-hydrogen) atoms. The maximum atomic E-state index is 13.4. The molecule has 3 aromatic carbocycles. The lowest BCUT2D eigenvalue weighted by molar-refractivity contribution is 0.102. The molecule has 4 rings (SSSR count). The Morgan fingerprint density at radius 1 is 1.03 bits per heavy atom. The molecule has 0 fully saturated rings. The Bertz CT molecular complexity index is 1350. The summed E-state index contributed by atoms with van der Waals surface area (Å²) in [5.41, 5.74) is 2.27. The highest BCUT2D eigenvalue weighted by Gasteiger charge is 2.14. The van der Waals surface area contributed by atoms with Gasteiger partial charge in [0.2, 0.25) is 0 Å². The van der Waals surface area contributed by atoms with Gasteiger partial charge in [0.1, 0.15) is 5.82 Å². The summed E-state index contributed by atoms with van der Waals surface area (Å²) in [5.74, 6) is 0.427. The zero-order valence-electron chi connectivity index (χ0n) is 17.4. The third-order valence-corrected chi connectivity index (χ3v) is 5.78. The minimum Gasteiger partial charge on any atom is -0.322 e. The molecule has 0 radical (unpaired) electrons. The molecule has 0 aliphatic rings. The number of carbonyl (C=O) groups excluding carboxylic acids is 1. The molecular formula is C25H21Cl2N3O2. The van der Waals surface area contributed by atoms with Gasteiger partial charge in [0.05, 0.1) is 17.4 Å². The van der Waals surface area contributed by atoms with Crippen LogP contribution in [0.25, 0.3) is 10.9 Å². The van der Waals surface area contributed by atoms with Crippen molar-refractivity contribution in [1.82, 2.24) is 9.55 Å². The molecular weight excluding hydrogens is 445 g/mol. The maximum absolute atomic E-state index is 13.4. The van der Waals surface area contributed by atoms with E-state index in [0.717, 1.165) is 12.0 Å². The second-order valence-electron chi connectivity index (χ2n) is 7.45. The number of hydrogen-bond acceptors (Lipinski definition) is 3. The Kier molecular flexibility index (Phi) is 6.58. The molecule has 5 nitrogen and oxygen atoms in total. The Hall–Kier alpha value is -3.15. The maximum Gasteiger partial charge on any atom is 0.261 e. The first-order valence-corrected chi connectivity index (χ1v) is 11.1. The van der Waals surface area contributed by atoms with E-state index in [2.05, 4.69) is 5.32 Å². The zero-order valence-corrected chi connectivity index (χ0v) is 19.0. The minimum absolute atomic E-state index is 0.166. The third-order valence-electron chi connectivity index (χ3n) is 5.16. The van der Waals surface area contributed by atoms with E-state index in [1.165, 1.54) is 0 Å². The van der Waals surface area contributed by atoms with Crippen LogP contribution in [0.2, 0.25) is 10.0 Å². The van der Waals surface area contributed by atoms with Crippen LogP contribution in [0.4, 0.5) is 5.69 Å². The van der Waals surface area contributed by atoms with Crippen molar-refractivity contribution >= 4 is 45.7 Å². The van der Waals surface area contributed by atoms with E-state index in [0.29, 0.717) is 51.0 Å². The van der Waals surface area contributed by atoms with Crippen LogP contribution >= 0.6 is 23.2 Å². The summed E-state index contributed by atoms with van der Waals surface area (Å²) in [5, 5.41) is 4.43. The van der Waals surface area contributed by atoms with Crippen molar-refractivity contribution in [3.8, 4) is 0 Å². The van der Waals surface area contributed by atoms with Gasteiger partial charge in [0.15, 0.2) is 0 Å². The Morgan fingerprint density at radius 2 is 1.78 bits per heavy atom. The fourth-order valence-electron chi connectivity index (χ4n) is 3.52. The number of benzene rings is 3. The molecule has 0 saturated heterocycles. The summed E-state index contributed by atoms with van der Waals surface area (Å²) >= 11 is 12.2. The van der Waals surface area contributed by atoms with Crippen LogP contribution in [0, 0.1) is 0 Å². The van der Waals surface area contributed by atoms with E-state index >= 15 is 0 Å². The number of amides is 1. The summed E-state index contributed by atoms with van der Waals surface area (Å²) in [6.07, 6.45) is 1.53. The van der Waals surface area contributed by atoms with Gasteiger partial charge in [0.25, 0.3) is 11.5 Å². The number of rotatable bonds is 6. The molecule has 1 N–H and O–H groups in total. The number of nitrogens with one attached hydrogen (secondary N) is 1. The summed E-state index contributed by atoms with van der Waals surface area (Å²) in [6.45, 7) is 2.38. The lowest BCUT2D eigenvalue weighted by Crippen LogP contribution is -2.26. The van der Waals surface area contributed by atoms with E-state index in [4.69, 9.17) is 28.2 Å². The fraction of sp³-hybridized carbons (Fsp3) is 0.160. The number of halogens is 2. The summed E-state index contributed by atoms with van der Waals surface area (Å²) < 4.78 is 1.66. The van der Waals surface area contributed by atoms with E-state index in [1.807, 2.05) is 25.1 Å². The monoisotopic (exact) mass is 465 g/mol. The number of anilines is 1. The number of hydrogen-bond donors (Lipinski definition) is 1. The number of aryl methyl sites for hydroxylation is 1. The first-order chi connectivity index (χ1) is 15.5. The van der Waals surface area contributed by atoms with Crippen LogP contribution in [0.5, 0.6) is 0 Å². The van der Waals surface area contributed by atoms with Gasteiger partial charge >= 0.3 is 0 Å². The van der Waals surface area contributed by atoms with Crippen molar-refractivity contribution in [2.45, 2.75) is 26.3 Å². The minimum atomic E-state index is -0.284. The van der Waals surface area contributed by atoms with E-state index in [1.54, 1.807) is 53.1 Å². The van der Waals surface area contributed by atoms with Crippen LogP contribution in [-0.4, -0.2) is 15.5 Å². The van der Waals surface area contributed by atoms with Gasteiger partial charge in [-0.05, 0) is 60.5 Å². The standard InChI is InChI=1S/C25H21Cl2N3O2/c1-2-5-23-29-22-13-12-19(28-24(31)16-8-10-18(26)11-9-16)14-20(22)25(32)30(23)15-17-6-3-4-7-21(17)27/h3-4,6-14H,2,5,15H2,1H3,(H,28,31). The molecule has 1 aromatic heterocycles. The lowest BCUT2D eigenvalue weighted by Gasteiger charge is -2.15. The molecule has 0 bridgehead atoms. The highest BCUT2D eigenvalue weighted by atomic mass is 35.5. The van der Waals surface area contributed by atoms with Crippen molar-refractivity contribution in [1.29, 1.82) is 0 Å². The van der Waals surface area contributed by atoms with Crippen molar-refractivity contribution in [3.63, 3.8) is 0 Å². The van der Waals surface area contributed by atoms with E-state index < -0.39 is 0 Å². The molecule has 0 saturated carbocycles. The van der Waals surface area contributed by atoms with Gasteiger partial charge in [0, 0.05) is 27.7 Å². The summed E-state index contributed by atoms with van der Waals surface area (Å²) in [7, 11) is 0. The molecule has 4 aromatic rings. The third kappa shape index (κ3) is 4.69. The summed E-state index contributed by atoms with van der Waals surface area (Å²) in [6, 6.07) is 19.2. The molecule has 162 valence electrons. The first-order valence-electron chi connectivity index (χ1n) is 10.3. The van der Waals surface area contributed by atoms with Crippen molar-refractivity contribution in [2.75, 3.05) is 5.32 Å². The predicted molar refractivity (Wildman–Crippen MR) is 130 cm³/mol. The normalized spacial score (nSPS) is 11.0. The van der Waals surface area contributed by atoms with Gasteiger partial charge in [-0.3, -0.25) is 14.2 Å². The predicted octanol–water partition coefficient (Wildman–Crippen LogP) is 5.96. The Morgan fingerprint density at radius 3 is 2.50 bits per heavy atom. The van der Waals surface area contributed by atoms with Gasteiger partial charge in [-0.2, -0.15) is 0 Å². The van der Waals surface area contributed by atoms with Crippen LogP contribution in [0.1, 0.15) is 35.1 Å². The van der Waals surface area contributed by atoms with Gasteiger partial charge in [-0.1, -0.05) is 48.3 Å². The quantitative estimate of drug-likeness (QED) is 0.382. The number of nitrogens with zero attached hydrogens (tertiary/aromatic N) is 2. The molecule has 0 aliphatic heterocycles. The Balaban J connectivity index is 1.73. The van der Waals surface area contributed by atoms with Crippen LogP contribution in [0.3, 0.4) is 0 Å². The fourth-order valence-corrected chi connectivity index (χ4v) is 3.85. The molecule has 0 spiro atoms. The van der Waals surface area contributed by atoms with Crippen molar-refractivity contribution in [3.05, 3.63) is 104 Å². The molecule has 0 unspecified atom stereocenters. The number of aromatic nitrogens is 2. The van der Waals surface area contributed by atoms with Crippen molar-refractivity contribution in [2.24, 2.45) is 0 Å². The smallest absolute Gasteiger partial charge is 0.261 e. The van der Waals surface area contributed by atoms with Crippen LogP contribution in [-0.2, 0) is 13.0 Å². The average molecular weight is 466 g/mol. The largest absolute Gasteiger partial charge is 0.322 e. The lowest BCUT2D eigenvalue weighted by atomic mass is 10.1. The highest BCUT2D eigenvalue weighted by molar-refractivity contribution is 6.31. The molecule has 1 amide bonds. The van der Waals surface area contributed by atoms with E-state index in [-0.39, 0.29) is 11.5 Å². The highest BCUT2D eigenvalue weighted by Crippen LogP contribution is 2.20. The SMILES string of the molecule is CCCc1nc2ccc(NC(=O)c3ccc(Cl)cc3)cc2c(=O)n1Cc1ccccc1Cl. The molecule has 0 atom stereocenters. The van der Waals surface area contributed by atoms with Gasteiger partial charge in [-0.25, -0.2) is 4.98 Å². The van der Waals surface area contributed by atoms with Gasteiger partial charge < -0.3 is 5.32 Å². The molecule has 1 heterocycles. The average Bonchev–Trinajstić information content (AvgIpc) is 2.78. The molecule has 0 aliphatic carbocycles. The number of carbonyl (C=O) groups is 1. The van der Waals surface area contributed by atoms with E-state index in [9.17, 15) is 9.59 Å². The second kappa shape index (κ2) is 9.55. The van der Waals surface area contributed by atoms with Gasteiger partial charge in [-0.15, -0.1) is 0 Å².